The van der Waals surface area contributed by atoms with E-state index in [4.69, 9.17) is 10.5 Å². The Hall–Kier alpha value is -2.35. The Balaban J connectivity index is 1.85. The van der Waals surface area contributed by atoms with E-state index in [0.717, 1.165) is 5.56 Å². The molecule has 4 atom stereocenters. The quantitative estimate of drug-likeness (QED) is 0.686. The summed E-state index contributed by atoms with van der Waals surface area (Å²) in [5.74, 6) is -0.211. The highest BCUT2D eigenvalue weighted by Crippen LogP contribution is 2.39. The molecule has 2 aromatic heterocycles. The van der Waals surface area contributed by atoms with Crippen LogP contribution in [0.5, 0.6) is 0 Å². The summed E-state index contributed by atoms with van der Waals surface area (Å²) in [5.41, 5.74) is 6.61. The molecule has 3 rings (SSSR count). The third-order valence-electron chi connectivity index (χ3n) is 5.40. The zero-order chi connectivity index (χ0) is 19.6. The van der Waals surface area contributed by atoms with Crippen molar-refractivity contribution < 1.29 is 19.7 Å². The zero-order valence-corrected chi connectivity index (χ0v) is 15.5. The Kier molecular flexibility index (Phi) is 5.55. The van der Waals surface area contributed by atoms with Gasteiger partial charge in [0.2, 0.25) is 0 Å². The number of rotatable bonds is 5. The van der Waals surface area contributed by atoms with Crippen LogP contribution < -0.4 is 5.73 Å². The fourth-order valence-electron chi connectivity index (χ4n) is 3.63. The van der Waals surface area contributed by atoms with Crippen LogP contribution in [0.4, 0.5) is 5.69 Å². The average Bonchev–Trinajstić information content (AvgIpc) is 2.66. The van der Waals surface area contributed by atoms with E-state index in [1.165, 1.54) is 6.20 Å². The molecule has 0 aliphatic carbocycles. The number of nitrogens with two attached hydrogens (primary N) is 1. The van der Waals surface area contributed by atoms with Gasteiger partial charge in [-0.15, -0.1) is 0 Å². The van der Waals surface area contributed by atoms with Crippen LogP contribution in [-0.4, -0.2) is 43.8 Å². The third kappa shape index (κ3) is 3.71. The Bertz CT molecular complexity index is 814. The second-order valence-corrected chi connectivity index (χ2v) is 6.98. The first-order chi connectivity index (χ1) is 12.9. The SMILES string of the molecule is CC[C@]1(O)[C@H](O)C[C@H](c2ccncc2CC(=O)c2ncccc2N)O[C@@H]1C. The van der Waals surface area contributed by atoms with E-state index < -0.39 is 23.9 Å². The molecule has 7 nitrogen and oxygen atoms in total. The average molecular weight is 371 g/mol. The van der Waals surface area contributed by atoms with Gasteiger partial charge < -0.3 is 20.7 Å². The lowest BCUT2D eigenvalue weighted by molar-refractivity contribution is -0.224. The van der Waals surface area contributed by atoms with Crippen LogP contribution >= 0.6 is 0 Å². The van der Waals surface area contributed by atoms with Crippen LogP contribution in [0, 0.1) is 0 Å². The van der Waals surface area contributed by atoms with Crippen molar-refractivity contribution >= 4 is 11.5 Å². The molecule has 0 unspecified atom stereocenters. The van der Waals surface area contributed by atoms with Crippen molar-refractivity contribution in [1.82, 2.24) is 9.97 Å². The molecule has 0 amide bonds. The lowest BCUT2D eigenvalue weighted by Gasteiger charge is -2.45. The molecule has 0 bridgehead atoms. The summed E-state index contributed by atoms with van der Waals surface area (Å²) in [6.45, 7) is 3.57. The van der Waals surface area contributed by atoms with Crippen molar-refractivity contribution in [1.29, 1.82) is 0 Å². The minimum Gasteiger partial charge on any atom is -0.397 e. The molecule has 0 aromatic carbocycles. The zero-order valence-electron chi connectivity index (χ0n) is 15.5. The molecule has 144 valence electrons. The maximum atomic E-state index is 12.6. The van der Waals surface area contributed by atoms with Crippen molar-refractivity contribution in [3.05, 3.63) is 53.6 Å². The molecule has 27 heavy (non-hydrogen) atoms. The summed E-state index contributed by atoms with van der Waals surface area (Å²) < 4.78 is 6.01. The van der Waals surface area contributed by atoms with Gasteiger partial charge in [0.1, 0.15) is 11.3 Å². The minimum absolute atomic E-state index is 0.0762. The summed E-state index contributed by atoms with van der Waals surface area (Å²) in [7, 11) is 0. The number of Topliss-reactive ketones (excluding diaryl/α,β-unsaturated/α-hetero) is 1. The summed E-state index contributed by atoms with van der Waals surface area (Å²) in [6.07, 6.45) is 3.59. The number of ketones is 1. The first kappa shape index (κ1) is 19.4. The van der Waals surface area contributed by atoms with Crippen molar-refractivity contribution in [3.8, 4) is 0 Å². The predicted octanol–water partition coefficient (Wildman–Crippen LogP) is 1.84. The number of nitrogens with zero attached hydrogens (tertiary/aromatic N) is 2. The van der Waals surface area contributed by atoms with Gasteiger partial charge in [0.25, 0.3) is 0 Å². The Morgan fingerprint density at radius 1 is 1.41 bits per heavy atom. The molecule has 0 saturated carbocycles. The number of aliphatic hydroxyl groups is 2. The van der Waals surface area contributed by atoms with Crippen LogP contribution in [0.25, 0.3) is 0 Å². The van der Waals surface area contributed by atoms with Gasteiger partial charge in [-0.05, 0) is 42.7 Å². The standard InChI is InChI=1S/C20H25N3O4/c1-3-20(26)12(2)27-17(10-18(20)25)14-6-8-22-11-13(14)9-16(24)19-15(21)5-4-7-23-19/h4-8,11-12,17-18,25-26H,3,9-10,21H2,1-2H3/t12-,17-,18-,20-/m1/s1. The first-order valence-electron chi connectivity index (χ1n) is 9.09. The molecular weight excluding hydrogens is 346 g/mol. The van der Waals surface area contributed by atoms with Crippen molar-refractivity contribution in [2.24, 2.45) is 0 Å². The highest BCUT2D eigenvalue weighted by atomic mass is 16.5. The second kappa shape index (κ2) is 7.72. The number of ether oxygens (including phenoxy) is 1. The van der Waals surface area contributed by atoms with Gasteiger partial charge in [-0.3, -0.25) is 14.8 Å². The van der Waals surface area contributed by atoms with Crippen molar-refractivity contribution in [3.63, 3.8) is 0 Å². The number of aromatic nitrogens is 2. The maximum Gasteiger partial charge on any atom is 0.187 e. The van der Waals surface area contributed by atoms with Gasteiger partial charge in [-0.1, -0.05) is 6.92 Å². The summed E-state index contributed by atoms with van der Waals surface area (Å²) in [4.78, 5) is 20.8. The van der Waals surface area contributed by atoms with Crippen molar-refractivity contribution in [2.45, 2.75) is 57.0 Å². The molecule has 1 saturated heterocycles. The summed E-state index contributed by atoms with van der Waals surface area (Å²) in [6, 6.07) is 5.10. The summed E-state index contributed by atoms with van der Waals surface area (Å²) >= 11 is 0. The van der Waals surface area contributed by atoms with E-state index in [0.29, 0.717) is 17.7 Å². The number of nitrogen functional groups attached to an aromatic ring is 1. The van der Waals surface area contributed by atoms with Gasteiger partial charge >= 0.3 is 0 Å². The van der Waals surface area contributed by atoms with Crippen LogP contribution in [0.2, 0.25) is 0 Å². The Labute approximate surface area is 158 Å². The second-order valence-electron chi connectivity index (χ2n) is 6.98. The topological polar surface area (TPSA) is 119 Å². The molecule has 2 aromatic rings. The van der Waals surface area contributed by atoms with E-state index in [-0.39, 0.29) is 24.3 Å². The van der Waals surface area contributed by atoms with E-state index in [1.54, 1.807) is 37.5 Å². The molecule has 3 heterocycles. The number of carbonyl (C=O) groups excluding carboxylic acids is 1. The fraction of sp³-hybridized carbons (Fsp3) is 0.450. The smallest absolute Gasteiger partial charge is 0.187 e. The largest absolute Gasteiger partial charge is 0.397 e. The van der Waals surface area contributed by atoms with E-state index in [1.807, 2.05) is 6.92 Å². The van der Waals surface area contributed by atoms with E-state index in [9.17, 15) is 15.0 Å². The molecule has 1 fully saturated rings. The normalized spacial score (nSPS) is 28.1. The van der Waals surface area contributed by atoms with E-state index >= 15 is 0 Å². The maximum absolute atomic E-state index is 12.6. The highest BCUT2D eigenvalue weighted by Gasteiger charge is 2.46. The summed E-state index contributed by atoms with van der Waals surface area (Å²) in [5, 5.41) is 21.1. The molecule has 4 N–H and O–H groups in total. The van der Waals surface area contributed by atoms with Gasteiger partial charge in [-0.25, -0.2) is 0 Å². The van der Waals surface area contributed by atoms with E-state index in [2.05, 4.69) is 9.97 Å². The lowest BCUT2D eigenvalue weighted by atomic mass is 9.81. The Morgan fingerprint density at radius 2 is 2.19 bits per heavy atom. The highest BCUT2D eigenvalue weighted by molar-refractivity contribution is 6.00. The number of hydrogen-bond acceptors (Lipinski definition) is 7. The monoisotopic (exact) mass is 371 g/mol. The fourth-order valence-corrected chi connectivity index (χ4v) is 3.63. The van der Waals surface area contributed by atoms with Gasteiger partial charge in [-0.2, -0.15) is 0 Å². The van der Waals surface area contributed by atoms with Crippen LogP contribution in [0.1, 0.15) is 54.4 Å². The van der Waals surface area contributed by atoms with Crippen LogP contribution in [0.15, 0.2) is 36.8 Å². The minimum atomic E-state index is -1.28. The van der Waals surface area contributed by atoms with Gasteiger partial charge in [0, 0.05) is 31.4 Å². The Morgan fingerprint density at radius 3 is 2.85 bits per heavy atom. The van der Waals surface area contributed by atoms with Crippen molar-refractivity contribution in [2.75, 3.05) is 5.73 Å². The number of pyridine rings is 2. The molecule has 0 spiro atoms. The molecule has 1 aliphatic rings. The molecule has 7 heteroatoms. The molecular formula is C20H25N3O4. The predicted molar refractivity (Wildman–Crippen MR) is 100 cm³/mol. The number of anilines is 1. The number of carbonyl (C=O) groups is 1. The van der Waals surface area contributed by atoms with Gasteiger partial charge in [0.05, 0.1) is 24.0 Å². The number of aliphatic hydroxyl groups excluding tert-OH is 1. The molecule has 0 radical (unpaired) electrons. The third-order valence-corrected chi connectivity index (χ3v) is 5.40. The van der Waals surface area contributed by atoms with Crippen LogP contribution in [0.3, 0.4) is 0 Å². The molecule has 1 aliphatic heterocycles. The van der Waals surface area contributed by atoms with Crippen LogP contribution in [-0.2, 0) is 11.2 Å². The van der Waals surface area contributed by atoms with Gasteiger partial charge in [0.15, 0.2) is 5.78 Å². The lowest BCUT2D eigenvalue weighted by Crippen LogP contribution is -2.56. The first-order valence-corrected chi connectivity index (χ1v) is 9.09. The number of hydrogen-bond donors (Lipinski definition) is 3.